The zero-order valence-corrected chi connectivity index (χ0v) is 18.5. The molecule has 7 heteroatoms. The Morgan fingerprint density at radius 3 is 2.43 bits per heavy atom. The first-order valence-corrected chi connectivity index (χ1v) is 12.0. The van der Waals surface area contributed by atoms with Crippen molar-refractivity contribution < 1.29 is 22.7 Å². The number of amides is 1. The van der Waals surface area contributed by atoms with E-state index in [1.165, 1.54) is 20.0 Å². The van der Waals surface area contributed by atoms with Gasteiger partial charge in [-0.25, -0.2) is 8.42 Å². The molecule has 0 fully saturated rings. The van der Waals surface area contributed by atoms with Crippen LogP contribution in [0.25, 0.3) is 0 Å². The topological polar surface area (TPSA) is 81.7 Å². The van der Waals surface area contributed by atoms with E-state index in [0.717, 1.165) is 12.8 Å². The lowest BCUT2D eigenvalue weighted by Crippen LogP contribution is -2.26. The van der Waals surface area contributed by atoms with Crippen molar-refractivity contribution in [2.24, 2.45) is 0 Å². The average molecular weight is 434 g/mol. The lowest BCUT2D eigenvalue weighted by atomic mass is 10.2. The summed E-state index contributed by atoms with van der Waals surface area (Å²) in [5, 5.41) is 2.76. The van der Waals surface area contributed by atoms with E-state index >= 15 is 0 Å². The first-order chi connectivity index (χ1) is 14.5. The van der Waals surface area contributed by atoms with Crippen molar-refractivity contribution in [3.05, 3.63) is 54.1 Å². The zero-order chi connectivity index (χ0) is 21.8. The summed E-state index contributed by atoms with van der Waals surface area (Å²) in [7, 11) is -1.80. The molecule has 0 atom stereocenters. The second-order valence-electron chi connectivity index (χ2n) is 7.02. The van der Waals surface area contributed by atoms with Crippen LogP contribution >= 0.6 is 0 Å². The van der Waals surface area contributed by atoms with E-state index in [0.29, 0.717) is 35.0 Å². The Kier molecular flexibility index (Phi) is 9.67. The second kappa shape index (κ2) is 12.2. The van der Waals surface area contributed by atoms with E-state index in [2.05, 4.69) is 12.2 Å². The maximum atomic E-state index is 12.4. The van der Waals surface area contributed by atoms with Gasteiger partial charge < -0.3 is 14.8 Å². The lowest BCUT2D eigenvalue weighted by molar-refractivity contribution is 0.0953. The van der Waals surface area contributed by atoms with Crippen molar-refractivity contribution in [3.63, 3.8) is 0 Å². The van der Waals surface area contributed by atoms with Gasteiger partial charge in [-0.15, -0.1) is 0 Å². The molecule has 0 aromatic heterocycles. The Morgan fingerprint density at radius 1 is 0.967 bits per heavy atom. The van der Waals surface area contributed by atoms with Gasteiger partial charge in [0.25, 0.3) is 5.91 Å². The fraction of sp³-hybridized carbons (Fsp3) is 0.435. The Balaban J connectivity index is 1.83. The molecule has 0 aliphatic heterocycles. The fourth-order valence-electron chi connectivity index (χ4n) is 2.95. The largest absolute Gasteiger partial charge is 0.493 e. The highest BCUT2D eigenvalue weighted by Crippen LogP contribution is 2.28. The number of methoxy groups -OCH3 is 1. The van der Waals surface area contributed by atoms with Crippen molar-refractivity contribution in [1.82, 2.24) is 5.32 Å². The molecule has 0 saturated carbocycles. The monoisotopic (exact) mass is 433 g/mol. The SMILES string of the molecule is CCCCCCOc1ccc(C(=O)NCCCS(=O)(=O)c2ccccc2)cc1OC. The molecule has 0 aliphatic carbocycles. The Hall–Kier alpha value is -2.54. The minimum absolute atomic E-state index is 0.0224. The lowest BCUT2D eigenvalue weighted by Gasteiger charge is -2.12. The van der Waals surface area contributed by atoms with Crippen LogP contribution in [-0.4, -0.2) is 40.3 Å². The zero-order valence-electron chi connectivity index (χ0n) is 17.7. The third kappa shape index (κ3) is 7.37. The highest BCUT2D eigenvalue weighted by molar-refractivity contribution is 7.91. The predicted molar refractivity (Wildman–Crippen MR) is 118 cm³/mol. The highest BCUT2D eigenvalue weighted by atomic mass is 32.2. The number of unbranched alkanes of at least 4 members (excludes halogenated alkanes) is 3. The van der Waals surface area contributed by atoms with Crippen LogP contribution in [0.1, 0.15) is 49.4 Å². The van der Waals surface area contributed by atoms with Gasteiger partial charge in [0.1, 0.15) is 0 Å². The summed E-state index contributed by atoms with van der Waals surface area (Å²) >= 11 is 0. The molecule has 0 unspecified atom stereocenters. The van der Waals surface area contributed by atoms with E-state index in [4.69, 9.17) is 9.47 Å². The number of hydrogen-bond donors (Lipinski definition) is 1. The molecule has 1 N–H and O–H groups in total. The quantitative estimate of drug-likeness (QED) is 0.478. The van der Waals surface area contributed by atoms with Gasteiger partial charge in [0.15, 0.2) is 21.3 Å². The minimum atomic E-state index is -3.34. The summed E-state index contributed by atoms with van der Waals surface area (Å²) in [5.41, 5.74) is 0.441. The van der Waals surface area contributed by atoms with E-state index in [9.17, 15) is 13.2 Å². The number of hydrogen-bond acceptors (Lipinski definition) is 5. The number of nitrogens with one attached hydrogen (secondary N) is 1. The van der Waals surface area contributed by atoms with Crippen molar-refractivity contribution in [1.29, 1.82) is 0 Å². The normalized spacial score (nSPS) is 11.1. The molecule has 6 nitrogen and oxygen atoms in total. The number of ether oxygens (including phenoxy) is 2. The molecule has 1 amide bonds. The summed E-state index contributed by atoms with van der Waals surface area (Å²) in [4.78, 5) is 12.7. The molecular weight excluding hydrogens is 402 g/mol. The van der Waals surface area contributed by atoms with Crippen LogP contribution in [0.2, 0.25) is 0 Å². The van der Waals surface area contributed by atoms with Crippen LogP contribution in [0.4, 0.5) is 0 Å². The molecule has 2 aromatic rings. The maximum Gasteiger partial charge on any atom is 0.251 e. The van der Waals surface area contributed by atoms with E-state index in [1.54, 1.807) is 48.5 Å². The third-order valence-corrected chi connectivity index (χ3v) is 6.48. The number of sulfone groups is 1. The Labute approximate surface area is 179 Å². The molecule has 0 aliphatic rings. The maximum absolute atomic E-state index is 12.4. The van der Waals surface area contributed by atoms with E-state index in [1.807, 2.05) is 0 Å². The average Bonchev–Trinajstić information content (AvgIpc) is 2.77. The number of benzene rings is 2. The van der Waals surface area contributed by atoms with Crippen molar-refractivity contribution in [2.75, 3.05) is 26.0 Å². The molecule has 0 heterocycles. The second-order valence-corrected chi connectivity index (χ2v) is 9.13. The minimum Gasteiger partial charge on any atom is -0.493 e. The van der Waals surface area contributed by atoms with Crippen molar-refractivity contribution in [3.8, 4) is 11.5 Å². The molecule has 164 valence electrons. The first kappa shape index (κ1) is 23.7. The Morgan fingerprint density at radius 2 is 1.73 bits per heavy atom. The summed E-state index contributed by atoms with van der Waals surface area (Å²) in [6, 6.07) is 13.4. The summed E-state index contributed by atoms with van der Waals surface area (Å²) in [5.74, 6) is 0.815. The van der Waals surface area contributed by atoms with Gasteiger partial charge >= 0.3 is 0 Å². The standard InChI is InChI=1S/C23H31NO5S/c1-3-4-5-9-16-29-21-14-13-19(18-22(21)28-2)23(25)24-15-10-17-30(26,27)20-11-7-6-8-12-20/h6-8,11-14,18H,3-5,9-10,15-17H2,1-2H3,(H,24,25). The van der Waals surface area contributed by atoms with Crippen LogP contribution in [-0.2, 0) is 9.84 Å². The molecule has 2 aromatic carbocycles. The predicted octanol–water partition coefficient (Wildman–Crippen LogP) is 4.25. The number of carbonyl (C=O) groups is 1. The molecule has 0 radical (unpaired) electrons. The molecular formula is C23H31NO5S. The van der Waals surface area contributed by atoms with Gasteiger partial charge in [-0.1, -0.05) is 44.4 Å². The fourth-order valence-corrected chi connectivity index (χ4v) is 4.28. The Bertz CT molecular complexity index is 897. The first-order valence-electron chi connectivity index (χ1n) is 10.3. The van der Waals surface area contributed by atoms with Crippen molar-refractivity contribution in [2.45, 2.75) is 43.9 Å². The number of rotatable bonds is 13. The third-order valence-electron chi connectivity index (χ3n) is 4.66. The molecule has 2 rings (SSSR count). The highest BCUT2D eigenvalue weighted by Gasteiger charge is 2.14. The van der Waals surface area contributed by atoms with Gasteiger partial charge in [0, 0.05) is 12.1 Å². The van der Waals surface area contributed by atoms with Gasteiger partial charge in [-0.3, -0.25) is 4.79 Å². The molecule has 30 heavy (non-hydrogen) atoms. The van der Waals surface area contributed by atoms with Crippen molar-refractivity contribution >= 4 is 15.7 Å². The van der Waals surface area contributed by atoms with Gasteiger partial charge in [0.2, 0.25) is 0 Å². The summed E-state index contributed by atoms with van der Waals surface area (Å²) < 4.78 is 35.7. The van der Waals surface area contributed by atoms with Crippen LogP contribution in [0.15, 0.2) is 53.4 Å². The van der Waals surface area contributed by atoms with Gasteiger partial charge in [-0.05, 0) is 43.2 Å². The smallest absolute Gasteiger partial charge is 0.251 e. The van der Waals surface area contributed by atoms with Gasteiger partial charge in [0.05, 0.1) is 24.4 Å². The van der Waals surface area contributed by atoms with E-state index in [-0.39, 0.29) is 18.2 Å². The molecule has 0 saturated heterocycles. The van der Waals surface area contributed by atoms with Crippen LogP contribution in [0.3, 0.4) is 0 Å². The van der Waals surface area contributed by atoms with Crippen LogP contribution in [0, 0.1) is 0 Å². The molecule has 0 bridgehead atoms. The summed E-state index contributed by atoms with van der Waals surface area (Å²) in [6.07, 6.45) is 4.79. The van der Waals surface area contributed by atoms with E-state index < -0.39 is 9.84 Å². The van der Waals surface area contributed by atoms with Gasteiger partial charge in [-0.2, -0.15) is 0 Å². The van der Waals surface area contributed by atoms with Crippen LogP contribution in [0.5, 0.6) is 11.5 Å². The van der Waals surface area contributed by atoms with Crippen LogP contribution < -0.4 is 14.8 Å². The number of carbonyl (C=O) groups excluding carboxylic acids is 1. The summed E-state index contributed by atoms with van der Waals surface area (Å²) in [6.45, 7) is 3.04. The molecule has 0 spiro atoms.